The number of aryl methyl sites for hydroxylation is 2. The SMILES string of the molecule is Cc1cc(C)c(C(=O)Cc2cccc(F)c2F)c(F)c1. The molecule has 0 heterocycles. The molecule has 2 aromatic carbocycles. The second-order valence-corrected chi connectivity index (χ2v) is 4.75. The Bertz CT molecular complexity index is 654. The molecule has 0 aliphatic carbocycles. The van der Waals surface area contributed by atoms with E-state index in [4.69, 9.17) is 0 Å². The maximum atomic E-state index is 13.9. The zero-order chi connectivity index (χ0) is 14.9. The van der Waals surface area contributed by atoms with Crippen LogP contribution < -0.4 is 0 Å². The summed E-state index contributed by atoms with van der Waals surface area (Å²) in [6, 6.07) is 6.54. The Morgan fingerprint density at radius 2 is 1.75 bits per heavy atom. The van der Waals surface area contributed by atoms with Crippen molar-refractivity contribution in [2.45, 2.75) is 20.3 Å². The number of Topliss-reactive ketones (excluding diaryl/α,β-unsaturated/α-hetero) is 1. The highest BCUT2D eigenvalue weighted by Crippen LogP contribution is 2.20. The molecule has 1 nitrogen and oxygen atoms in total. The summed E-state index contributed by atoms with van der Waals surface area (Å²) >= 11 is 0. The fourth-order valence-electron chi connectivity index (χ4n) is 2.22. The van der Waals surface area contributed by atoms with E-state index in [0.717, 1.165) is 6.07 Å². The molecule has 0 unspecified atom stereocenters. The molecule has 2 aromatic rings. The van der Waals surface area contributed by atoms with Crippen molar-refractivity contribution in [1.82, 2.24) is 0 Å². The zero-order valence-electron chi connectivity index (χ0n) is 11.1. The van der Waals surface area contributed by atoms with Crippen molar-refractivity contribution < 1.29 is 18.0 Å². The third-order valence-corrected chi connectivity index (χ3v) is 3.09. The van der Waals surface area contributed by atoms with Gasteiger partial charge in [0.1, 0.15) is 5.82 Å². The second-order valence-electron chi connectivity index (χ2n) is 4.75. The number of benzene rings is 2. The van der Waals surface area contributed by atoms with E-state index in [1.54, 1.807) is 19.9 Å². The lowest BCUT2D eigenvalue weighted by Gasteiger charge is -2.09. The van der Waals surface area contributed by atoms with Gasteiger partial charge in [0.2, 0.25) is 0 Å². The van der Waals surface area contributed by atoms with Crippen molar-refractivity contribution in [2.24, 2.45) is 0 Å². The third kappa shape index (κ3) is 2.74. The van der Waals surface area contributed by atoms with Gasteiger partial charge >= 0.3 is 0 Å². The minimum atomic E-state index is -1.06. The fourth-order valence-corrected chi connectivity index (χ4v) is 2.22. The molecule has 20 heavy (non-hydrogen) atoms. The third-order valence-electron chi connectivity index (χ3n) is 3.09. The van der Waals surface area contributed by atoms with Crippen molar-refractivity contribution in [3.05, 3.63) is 70.0 Å². The van der Waals surface area contributed by atoms with E-state index in [1.165, 1.54) is 18.2 Å². The number of hydrogen-bond donors (Lipinski definition) is 0. The topological polar surface area (TPSA) is 17.1 Å². The van der Waals surface area contributed by atoms with Crippen LogP contribution in [-0.2, 0) is 6.42 Å². The van der Waals surface area contributed by atoms with E-state index in [2.05, 4.69) is 0 Å². The molecule has 0 saturated carbocycles. The van der Waals surface area contributed by atoms with Crippen molar-refractivity contribution in [3.63, 3.8) is 0 Å². The van der Waals surface area contributed by atoms with Crippen LogP contribution in [0.5, 0.6) is 0 Å². The fraction of sp³-hybridized carbons (Fsp3) is 0.188. The van der Waals surface area contributed by atoms with Crippen molar-refractivity contribution in [3.8, 4) is 0 Å². The summed E-state index contributed by atoms with van der Waals surface area (Å²) in [5.74, 6) is -3.28. The number of hydrogen-bond acceptors (Lipinski definition) is 1. The molecule has 0 atom stereocenters. The van der Waals surface area contributed by atoms with Crippen LogP contribution >= 0.6 is 0 Å². The molecule has 4 heteroatoms. The van der Waals surface area contributed by atoms with Gasteiger partial charge in [-0.05, 0) is 42.7 Å². The minimum Gasteiger partial charge on any atom is -0.294 e. The first-order chi connectivity index (χ1) is 9.40. The summed E-state index contributed by atoms with van der Waals surface area (Å²) in [7, 11) is 0. The molecule has 0 aliphatic heterocycles. The minimum absolute atomic E-state index is 0.0701. The second kappa shape index (κ2) is 5.49. The van der Waals surface area contributed by atoms with E-state index in [1.807, 2.05) is 0 Å². The molecular formula is C16H13F3O. The van der Waals surface area contributed by atoms with Crippen LogP contribution in [0.3, 0.4) is 0 Å². The normalized spacial score (nSPS) is 10.7. The Morgan fingerprint density at radius 1 is 1.05 bits per heavy atom. The molecule has 104 valence electrons. The summed E-state index contributed by atoms with van der Waals surface area (Å²) in [6.45, 7) is 3.34. The molecule has 0 bridgehead atoms. The van der Waals surface area contributed by atoms with Crippen LogP contribution in [0.1, 0.15) is 27.0 Å². The summed E-state index contributed by atoms with van der Waals surface area (Å²) in [4.78, 5) is 12.1. The summed E-state index contributed by atoms with van der Waals surface area (Å²) in [6.07, 6.45) is -0.371. The molecule has 0 fully saturated rings. The number of carbonyl (C=O) groups excluding carboxylic acids is 1. The van der Waals surface area contributed by atoms with E-state index in [0.29, 0.717) is 11.1 Å². The van der Waals surface area contributed by atoms with Crippen LogP contribution in [-0.4, -0.2) is 5.78 Å². The van der Waals surface area contributed by atoms with Gasteiger partial charge in [0, 0.05) is 6.42 Å². The summed E-state index contributed by atoms with van der Waals surface area (Å²) < 4.78 is 40.5. The average Bonchev–Trinajstić information content (AvgIpc) is 2.33. The van der Waals surface area contributed by atoms with Crippen LogP contribution in [0.4, 0.5) is 13.2 Å². The van der Waals surface area contributed by atoms with Crippen molar-refractivity contribution in [2.75, 3.05) is 0 Å². The molecule has 0 aliphatic rings. The Labute approximate surface area is 115 Å². The first-order valence-corrected chi connectivity index (χ1v) is 6.13. The smallest absolute Gasteiger partial charge is 0.170 e. The van der Waals surface area contributed by atoms with Gasteiger partial charge in [0.05, 0.1) is 5.56 Å². The lowest BCUT2D eigenvalue weighted by molar-refractivity contribution is 0.0987. The lowest BCUT2D eigenvalue weighted by atomic mass is 9.97. The Balaban J connectivity index is 2.36. The van der Waals surface area contributed by atoms with E-state index in [9.17, 15) is 18.0 Å². The van der Waals surface area contributed by atoms with Crippen LogP contribution in [0.25, 0.3) is 0 Å². The van der Waals surface area contributed by atoms with Gasteiger partial charge in [0.25, 0.3) is 0 Å². The highest BCUT2D eigenvalue weighted by molar-refractivity contribution is 5.99. The molecule has 2 rings (SSSR count). The standard InChI is InChI=1S/C16H13F3O/c1-9-6-10(2)15(13(18)7-9)14(20)8-11-4-3-5-12(17)16(11)19/h3-7H,8H2,1-2H3. The quantitative estimate of drug-likeness (QED) is 0.771. The predicted molar refractivity (Wildman–Crippen MR) is 70.3 cm³/mol. The number of ketones is 1. The maximum Gasteiger partial charge on any atom is 0.170 e. The van der Waals surface area contributed by atoms with Gasteiger partial charge in [0.15, 0.2) is 17.4 Å². The Morgan fingerprint density at radius 3 is 2.40 bits per heavy atom. The van der Waals surface area contributed by atoms with Crippen LogP contribution in [0.2, 0.25) is 0 Å². The molecule has 0 spiro atoms. The van der Waals surface area contributed by atoms with Gasteiger partial charge in [-0.2, -0.15) is 0 Å². The van der Waals surface area contributed by atoms with E-state index in [-0.39, 0.29) is 17.5 Å². The lowest BCUT2D eigenvalue weighted by Crippen LogP contribution is -2.10. The first kappa shape index (κ1) is 14.3. The number of carbonyl (C=O) groups is 1. The Kier molecular flexibility index (Phi) is 3.93. The Hall–Kier alpha value is -2.10. The van der Waals surface area contributed by atoms with Gasteiger partial charge in [-0.1, -0.05) is 18.2 Å². The zero-order valence-corrected chi connectivity index (χ0v) is 11.1. The van der Waals surface area contributed by atoms with Gasteiger partial charge in [-0.3, -0.25) is 4.79 Å². The molecule has 0 amide bonds. The first-order valence-electron chi connectivity index (χ1n) is 6.13. The summed E-state index contributed by atoms with van der Waals surface area (Å²) in [5.41, 5.74) is 1.05. The van der Waals surface area contributed by atoms with Crippen LogP contribution in [0, 0.1) is 31.3 Å². The largest absolute Gasteiger partial charge is 0.294 e. The maximum absolute atomic E-state index is 13.9. The van der Waals surface area contributed by atoms with Gasteiger partial charge in [-0.15, -0.1) is 0 Å². The summed E-state index contributed by atoms with van der Waals surface area (Å²) in [5, 5.41) is 0. The van der Waals surface area contributed by atoms with Gasteiger partial charge < -0.3 is 0 Å². The molecule has 0 aromatic heterocycles. The predicted octanol–water partition coefficient (Wildman–Crippen LogP) is 4.15. The molecular weight excluding hydrogens is 265 g/mol. The van der Waals surface area contributed by atoms with Crippen molar-refractivity contribution in [1.29, 1.82) is 0 Å². The number of rotatable bonds is 3. The van der Waals surface area contributed by atoms with Crippen LogP contribution in [0.15, 0.2) is 30.3 Å². The monoisotopic (exact) mass is 278 g/mol. The molecule has 0 saturated heterocycles. The average molecular weight is 278 g/mol. The van der Waals surface area contributed by atoms with E-state index >= 15 is 0 Å². The molecule has 0 N–H and O–H groups in total. The molecule has 0 radical (unpaired) electrons. The number of halogens is 3. The highest BCUT2D eigenvalue weighted by atomic mass is 19.2. The van der Waals surface area contributed by atoms with E-state index < -0.39 is 23.2 Å². The van der Waals surface area contributed by atoms with Gasteiger partial charge in [-0.25, -0.2) is 13.2 Å². The van der Waals surface area contributed by atoms with Crippen molar-refractivity contribution >= 4 is 5.78 Å². The highest BCUT2D eigenvalue weighted by Gasteiger charge is 2.18.